The van der Waals surface area contributed by atoms with Gasteiger partial charge in [-0.25, -0.2) is 0 Å². The van der Waals surface area contributed by atoms with E-state index in [-0.39, 0.29) is 21.1 Å². The van der Waals surface area contributed by atoms with E-state index in [1.54, 1.807) is 24.3 Å². The van der Waals surface area contributed by atoms with Gasteiger partial charge in [-0.05, 0) is 30.5 Å². The third-order valence-corrected chi connectivity index (χ3v) is 2.45. The first-order chi connectivity index (χ1) is 8.58. The molecule has 18 heavy (non-hydrogen) atoms. The molecule has 0 saturated carbocycles. The van der Waals surface area contributed by atoms with E-state index in [9.17, 15) is 4.79 Å². The summed E-state index contributed by atoms with van der Waals surface area (Å²) >= 11 is 9.56. The van der Waals surface area contributed by atoms with Crippen molar-refractivity contribution in [1.29, 1.82) is 0 Å². The first-order valence-corrected chi connectivity index (χ1v) is 5.74. The molecule has 1 aromatic carbocycles. The molecule has 0 amide bonds. The second-order valence-corrected chi connectivity index (χ2v) is 4.24. The Bertz CT molecular complexity index is 706. The van der Waals surface area contributed by atoms with Crippen molar-refractivity contribution in [3.63, 3.8) is 0 Å². The molecule has 2 aromatic rings. The summed E-state index contributed by atoms with van der Waals surface area (Å²) in [6.45, 7) is 0. The molecular weight excluding hydrogens is 270 g/mol. The van der Waals surface area contributed by atoms with Gasteiger partial charge in [0.25, 0.3) is 5.56 Å². The number of anilines is 1. The number of aromatic amines is 2. The average molecular weight is 279 g/mol. The highest BCUT2D eigenvalue weighted by Gasteiger charge is 2.10. The Kier molecular flexibility index (Phi) is 3.49. The van der Waals surface area contributed by atoms with E-state index in [2.05, 4.69) is 20.5 Å². The number of nitrogens with zero attached hydrogens (tertiary/aromatic N) is 1. The fourth-order valence-electron chi connectivity index (χ4n) is 1.46. The lowest BCUT2D eigenvalue weighted by molar-refractivity contribution is 0.932. The summed E-state index contributed by atoms with van der Waals surface area (Å²) in [4.78, 5) is 14.2. The molecule has 0 atom stereocenters. The number of benzene rings is 1. The fraction of sp³-hybridized carbons (Fsp3) is 0. The van der Waals surface area contributed by atoms with Crippen molar-refractivity contribution in [2.24, 2.45) is 5.73 Å². The first kappa shape index (κ1) is 12.4. The molecule has 1 aromatic heterocycles. The maximum atomic E-state index is 11.8. The van der Waals surface area contributed by atoms with Crippen molar-refractivity contribution in [1.82, 2.24) is 15.2 Å². The highest BCUT2D eigenvalue weighted by Crippen LogP contribution is 2.22. The minimum atomic E-state index is -0.379. The van der Waals surface area contributed by atoms with E-state index >= 15 is 0 Å². The molecule has 92 valence electrons. The molecule has 8 heteroatoms. The normalized spacial score (nSPS) is 10.0. The smallest absolute Gasteiger partial charge is 0.278 e. The van der Waals surface area contributed by atoms with Crippen LogP contribution in [0.15, 0.2) is 29.1 Å². The van der Waals surface area contributed by atoms with Crippen molar-refractivity contribution in [3.05, 3.63) is 39.4 Å². The number of H-pyrrole nitrogens is 2. The second-order valence-electron chi connectivity index (χ2n) is 3.39. The highest BCUT2D eigenvalue weighted by molar-refractivity contribution is 7.80. The zero-order valence-electron chi connectivity index (χ0n) is 9.06. The third-order valence-electron chi connectivity index (χ3n) is 2.15. The standard InChI is InChI=1S/C10H9N5OS2/c11-9(17)12-6-4-2-1-3-5(6)7-8(16)13-10(18)15-14-7/h1-4H,(H3,11,12,17)(H2,13,15,16,18). The van der Waals surface area contributed by atoms with Gasteiger partial charge in [0.1, 0.15) is 0 Å². The summed E-state index contributed by atoms with van der Waals surface area (Å²) in [6, 6.07) is 7.05. The van der Waals surface area contributed by atoms with Gasteiger partial charge >= 0.3 is 0 Å². The van der Waals surface area contributed by atoms with Crippen LogP contribution in [0.2, 0.25) is 0 Å². The van der Waals surface area contributed by atoms with Crippen molar-refractivity contribution >= 4 is 35.2 Å². The van der Waals surface area contributed by atoms with Crippen molar-refractivity contribution < 1.29 is 0 Å². The molecule has 0 spiro atoms. The van der Waals surface area contributed by atoms with Gasteiger partial charge < -0.3 is 11.1 Å². The van der Waals surface area contributed by atoms with Crippen LogP contribution in [0.1, 0.15) is 0 Å². The Morgan fingerprint density at radius 2 is 2.11 bits per heavy atom. The van der Waals surface area contributed by atoms with Gasteiger partial charge in [0.15, 0.2) is 15.6 Å². The summed E-state index contributed by atoms with van der Waals surface area (Å²) in [5.41, 5.74) is 6.44. The number of nitrogens with two attached hydrogens (primary N) is 1. The van der Waals surface area contributed by atoms with Crippen LogP contribution < -0.4 is 16.6 Å². The number of hydrogen-bond acceptors (Lipinski definition) is 4. The predicted octanol–water partition coefficient (Wildman–Crippen LogP) is 1.15. The van der Waals surface area contributed by atoms with Crippen LogP contribution >= 0.6 is 24.4 Å². The quantitative estimate of drug-likeness (QED) is 0.615. The first-order valence-electron chi connectivity index (χ1n) is 4.93. The molecule has 0 fully saturated rings. The van der Waals surface area contributed by atoms with Crippen LogP contribution in [-0.4, -0.2) is 20.3 Å². The number of thiocarbonyl (C=S) groups is 1. The number of para-hydroxylation sites is 1. The van der Waals surface area contributed by atoms with Gasteiger partial charge in [-0.1, -0.05) is 18.2 Å². The molecule has 0 aliphatic rings. The number of hydrogen-bond donors (Lipinski definition) is 4. The van der Waals surface area contributed by atoms with Gasteiger partial charge in [0.05, 0.1) is 0 Å². The Balaban J connectivity index is 2.60. The van der Waals surface area contributed by atoms with Gasteiger partial charge in [-0.2, -0.15) is 5.10 Å². The molecule has 0 unspecified atom stereocenters. The lowest BCUT2D eigenvalue weighted by Crippen LogP contribution is -2.20. The van der Waals surface area contributed by atoms with Crippen LogP contribution in [0.3, 0.4) is 0 Å². The monoisotopic (exact) mass is 279 g/mol. The van der Waals surface area contributed by atoms with Gasteiger partial charge in [0, 0.05) is 11.3 Å². The van der Waals surface area contributed by atoms with Gasteiger partial charge in [-0.15, -0.1) is 0 Å². The minimum Gasteiger partial charge on any atom is -0.376 e. The van der Waals surface area contributed by atoms with Crippen LogP contribution in [0.4, 0.5) is 5.69 Å². The topological polar surface area (TPSA) is 99.6 Å². The van der Waals surface area contributed by atoms with E-state index in [0.717, 1.165) is 0 Å². The van der Waals surface area contributed by atoms with E-state index in [4.69, 9.17) is 30.2 Å². The number of rotatable bonds is 2. The maximum Gasteiger partial charge on any atom is 0.278 e. The van der Waals surface area contributed by atoms with Crippen molar-refractivity contribution in [2.75, 3.05) is 5.32 Å². The fourth-order valence-corrected chi connectivity index (χ4v) is 1.71. The van der Waals surface area contributed by atoms with Crippen LogP contribution in [0, 0.1) is 4.77 Å². The van der Waals surface area contributed by atoms with Gasteiger partial charge in [0.2, 0.25) is 0 Å². The minimum absolute atomic E-state index is 0.114. The average Bonchev–Trinajstić information content (AvgIpc) is 2.30. The molecule has 0 aliphatic heterocycles. The lowest BCUT2D eigenvalue weighted by atomic mass is 10.1. The lowest BCUT2D eigenvalue weighted by Gasteiger charge is -2.08. The molecule has 5 N–H and O–H groups in total. The summed E-state index contributed by atoms with van der Waals surface area (Å²) in [5.74, 6) is 0. The maximum absolute atomic E-state index is 11.8. The zero-order chi connectivity index (χ0) is 13.1. The van der Waals surface area contributed by atoms with E-state index in [0.29, 0.717) is 11.3 Å². The molecule has 0 bridgehead atoms. The van der Waals surface area contributed by atoms with Gasteiger partial charge in [-0.3, -0.25) is 14.9 Å². The molecule has 1 heterocycles. The van der Waals surface area contributed by atoms with Crippen molar-refractivity contribution in [2.45, 2.75) is 0 Å². The second kappa shape index (κ2) is 5.07. The Hall–Kier alpha value is -2.06. The molecule has 2 rings (SSSR count). The summed E-state index contributed by atoms with van der Waals surface area (Å²) in [7, 11) is 0. The summed E-state index contributed by atoms with van der Waals surface area (Å²) in [6.07, 6.45) is 0. The summed E-state index contributed by atoms with van der Waals surface area (Å²) < 4.78 is 0.170. The Morgan fingerprint density at radius 3 is 2.78 bits per heavy atom. The van der Waals surface area contributed by atoms with Crippen LogP contribution in [0.5, 0.6) is 0 Å². The van der Waals surface area contributed by atoms with Crippen LogP contribution in [0.25, 0.3) is 11.3 Å². The number of nitrogens with one attached hydrogen (secondary N) is 3. The zero-order valence-corrected chi connectivity index (χ0v) is 10.7. The molecular formula is C10H9N5OS2. The largest absolute Gasteiger partial charge is 0.376 e. The molecule has 6 nitrogen and oxygen atoms in total. The molecule has 0 aliphatic carbocycles. The van der Waals surface area contributed by atoms with E-state index in [1.165, 1.54) is 0 Å². The molecule has 0 radical (unpaired) electrons. The Morgan fingerprint density at radius 1 is 1.39 bits per heavy atom. The number of aromatic nitrogens is 3. The SMILES string of the molecule is NC(=S)Nc1ccccc1-c1n[nH]c(=S)[nH]c1=O. The third kappa shape index (κ3) is 2.60. The van der Waals surface area contributed by atoms with Crippen molar-refractivity contribution in [3.8, 4) is 11.3 Å². The van der Waals surface area contributed by atoms with E-state index in [1.807, 2.05) is 0 Å². The molecule has 0 saturated heterocycles. The summed E-state index contributed by atoms with van der Waals surface area (Å²) in [5, 5.41) is 9.36. The van der Waals surface area contributed by atoms with Crippen LogP contribution in [-0.2, 0) is 0 Å². The predicted molar refractivity (Wildman–Crippen MR) is 75.9 cm³/mol. The highest BCUT2D eigenvalue weighted by atomic mass is 32.1. The van der Waals surface area contributed by atoms with E-state index < -0.39 is 0 Å². The Labute approximate surface area is 112 Å².